The number of nitrogens with zero attached hydrogens (tertiary/aromatic N) is 5. The zero-order chi connectivity index (χ0) is 18.6. The molecule has 0 unspecified atom stereocenters. The third-order valence-electron chi connectivity index (χ3n) is 4.00. The molecule has 0 atom stereocenters. The van der Waals surface area contributed by atoms with Crippen molar-refractivity contribution in [1.82, 2.24) is 9.13 Å². The highest BCUT2D eigenvalue weighted by molar-refractivity contribution is 5.54. The van der Waals surface area contributed by atoms with Gasteiger partial charge in [-0.2, -0.15) is 10.5 Å². The van der Waals surface area contributed by atoms with Crippen molar-refractivity contribution < 1.29 is 0 Å². The lowest BCUT2D eigenvalue weighted by atomic mass is 10.1. The number of rotatable bonds is 5. The van der Waals surface area contributed by atoms with Gasteiger partial charge in [0.2, 0.25) is 0 Å². The van der Waals surface area contributed by atoms with Crippen molar-refractivity contribution in [3.63, 3.8) is 0 Å². The molecule has 1 aromatic carbocycles. The SMILES string of the molecule is CCCN(Cc1ccc(C#N)cc1)c1c(C#N)c(=O)n(C)c(=O)n1C. The zero-order valence-electron chi connectivity index (χ0n) is 14.5. The molecule has 0 aliphatic heterocycles. The van der Waals surface area contributed by atoms with Crippen LogP contribution in [0.25, 0.3) is 0 Å². The summed E-state index contributed by atoms with van der Waals surface area (Å²) < 4.78 is 2.27. The van der Waals surface area contributed by atoms with Crippen molar-refractivity contribution in [3.05, 3.63) is 61.8 Å². The number of aromatic nitrogens is 2. The van der Waals surface area contributed by atoms with Crippen LogP contribution in [-0.2, 0) is 20.6 Å². The summed E-state index contributed by atoms with van der Waals surface area (Å²) in [6.45, 7) is 2.99. The molecule has 1 aromatic heterocycles. The molecule has 0 saturated heterocycles. The fourth-order valence-electron chi connectivity index (χ4n) is 2.74. The molecule has 7 heteroatoms. The molecule has 128 valence electrons. The molecule has 0 spiro atoms. The van der Waals surface area contributed by atoms with E-state index < -0.39 is 11.2 Å². The number of anilines is 1. The van der Waals surface area contributed by atoms with Gasteiger partial charge in [-0.25, -0.2) is 4.79 Å². The number of hydrogen-bond donors (Lipinski definition) is 0. The Morgan fingerprint density at radius 2 is 1.68 bits per heavy atom. The fourth-order valence-corrected chi connectivity index (χ4v) is 2.74. The average Bonchev–Trinajstić information content (AvgIpc) is 2.63. The fraction of sp³-hybridized carbons (Fsp3) is 0.333. The predicted octanol–water partition coefficient (Wildman–Crippen LogP) is 1.24. The van der Waals surface area contributed by atoms with E-state index in [0.717, 1.165) is 16.6 Å². The molecule has 0 amide bonds. The quantitative estimate of drug-likeness (QED) is 0.818. The highest BCUT2D eigenvalue weighted by Gasteiger charge is 2.20. The molecule has 0 N–H and O–H groups in total. The van der Waals surface area contributed by atoms with Crippen LogP contribution in [-0.4, -0.2) is 15.7 Å². The smallest absolute Gasteiger partial charge is 0.332 e. The van der Waals surface area contributed by atoms with Crippen molar-refractivity contribution in [2.75, 3.05) is 11.4 Å². The van der Waals surface area contributed by atoms with Gasteiger partial charge in [-0.05, 0) is 24.1 Å². The van der Waals surface area contributed by atoms with Crippen LogP contribution in [0.3, 0.4) is 0 Å². The summed E-state index contributed by atoms with van der Waals surface area (Å²) in [5.41, 5.74) is 0.363. The van der Waals surface area contributed by atoms with E-state index in [1.54, 1.807) is 19.2 Å². The van der Waals surface area contributed by atoms with Crippen molar-refractivity contribution in [1.29, 1.82) is 10.5 Å². The maximum Gasteiger partial charge on any atom is 0.332 e. The minimum Gasteiger partial charge on any atom is -0.352 e. The number of nitriles is 2. The van der Waals surface area contributed by atoms with Gasteiger partial charge in [0, 0.05) is 27.2 Å². The summed E-state index contributed by atoms with van der Waals surface area (Å²) in [5, 5.41) is 18.3. The first-order valence-corrected chi connectivity index (χ1v) is 7.88. The van der Waals surface area contributed by atoms with Crippen LogP contribution >= 0.6 is 0 Å². The number of benzene rings is 1. The van der Waals surface area contributed by atoms with Crippen molar-refractivity contribution in [3.8, 4) is 12.1 Å². The summed E-state index contributed by atoms with van der Waals surface area (Å²) in [4.78, 5) is 26.4. The minimum absolute atomic E-state index is 0.0494. The lowest BCUT2D eigenvalue weighted by Crippen LogP contribution is -2.42. The molecule has 0 radical (unpaired) electrons. The second-order valence-corrected chi connectivity index (χ2v) is 5.75. The van der Waals surface area contributed by atoms with Gasteiger partial charge in [-0.15, -0.1) is 0 Å². The van der Waals surface area contributed by atoms with E-state index in [4.69, 9.17) is 5.26 Å². The summed E-state index contributed by atoms with van der Waals surface area (Å²) >= 11 is 0. The Morgan fingerprint density at radius 3 is 2.20 bits per heavy atom. The van der Waals surface area contributed by atoms with E-state index in [1.807, 2.05) is 30.0 Å². The molecule has 2 aromatic rings. The first-order chi connectivity index (χ1) is 11.9. The van der Waals surface area contributed by atoms with Crippen LogP contribution in [0.1, 0.15) is 30.0 Å². The zero-order valence-corrected chi connectivity index (χ0v) is 14.5. The van der Waals surface area contributed by atoms with Gasteiger partial charge in [0.25, 0.3) is 5.56 Å². The van der Waals surface area contributed by atoms with Gasteiger partial charge < -0.3 is 4.90 Å². The Kier molecular flexibility index (Phi) is 5.41. The molecule has 0 bridgehead atoms. The first-order valence-electron chi connectivity index (χ1n) is 7.88. The molecular formula is C18H19N5O2. The van der Waals surface area contributed by atoms with E-state index >= 15 is 0 Å². The molecule has 2 rings (SSSR count). The average molecular weight is 337 g/mol. The molecule has 7 nitrogen and oxygen atoms in total. The monoisotopic (exact) mass is 337 g/mol. The lowest BCUT2D eigenvalue weighted by Gasteiger charge is -2.27. The van der Waals surface area contributed by atoms with Gasteiger partial charge in [0.05, 0.1) is 11.6 Å². The number of hydrogen-bond acceptors (Lipinski definition) is 5. The van der Waals surface area contributed by atoms with Crippen LogP contribution < -0.4 is 16.1 Å². The Hall–Kier alpha value is -3.32. The Labute approximate surface area is 145 Å². The van der Waals surface area contributed by atoms with Crippen LogP contribution in [0.2, 0.25) is 0 Å². The second kappa shape index (κ2) is 7.50. The van der Waals surface area contributed by atoms with Gasteiger partial charge in [-0.3, -0.25) is 13.9 Å². The van der Waals surface area contributed by atoms with E-state index in [0.29, 0.717) is 24.5 Å². The molecule has 0 aliphatic carbocycles. The summed E-state index contributed by atoms with van der Waals surface area (Å²) in [6.07, 6.45) is 0.782. The summed E-state index contributed by atoms with van der Waals surface area (Å²) in [7, 11) is 2.92. The van der Waals surface area contributed by atoms with Crippen LogP contribution in [0.15, 0.2) is 33.9 Å². The molecule has 1 heterocycles. The van der Waals surface area contributed by atoms with E-state index in [-0.39, 0.29) is 5.56 Å². The maximum atomic E-state index is 12.3. The largest absolute Gasteiger partial charge is 0.352 e. The molecule has 0 saturated carbocycles. The van der Waals surface area contributed by atoms with Crippen molar-refractivity contribution >= 4 is 5.82 Å². The molecule has 25 heavy (non-hydrogen) atoms. The molecule has 0 aliphatic rings. The van der Waals surface area contributed by atoms with Crippen molar-refractivity contribution in [2.24, 2.45) is 14.1 Å². The summed E-state index contributed by atoms with van der Waals surface area (Å²) in [6, 6.07) is 11.1. The van der Waals surface area contributed by atoms with E-state index in [2.05, 4.69) is 6.07 Å². The third kappa shape index (κ3) is 3.46. The normalized spacial score (nSPS) is 10.1. The lowest BCUT2D eigenvalue weighted by molar-refractivity contribution is 0.646. The third-order valence-corrected chi connectivity index (χ3v) is 4.00. The van der Waals surface area contributed by atoms with Gasteiger partial charge >= 0.3 is 5.69 Å². The first kappa shape index (κ1) is 18.0. The maximum absolute atomic E-state index is 12.3. The Bertz CT molecular complexity index is 971. The second-order valence-electron chi connectivity index (χ2n) is 5.75. The van der Waals surface area contributed by atoms with Crippen LogP contribution in [0, 0.1) is 22.7 Å². The Morgan fingerprint density at radius 1 is 1.04 bits per heavy atom. The Balaban J connectivity index is 2.57. The standard InChI is InChI=1S/C18H19N5O2/c1-4-9-23(12-14-7-5-13(10-19)6-8-14)16-15(11-20)17(24)22(3)18(25)21(16)2/h5-8H,4,9,12H2,1-3H3. The van der Waals surface area contributed by atoms with E-state index in [9.17, 15) is 14.9 Å². The van der Waals surface area contributed by atoms with Crippen LogP contribution in [0.4, 0.5) is 5.82 Å². The highest BCUT2D eigenvalue weighted by Crippen LogP contribution is 2.18. The van der Waals surface area contributed by atoms with Crippen LogP contribution in [0.5, 0.6) is 0 Å². The minimum atomic E-state index is -0.596. The molecule has 0 fully saturated rings. The highest BCUT2D eigenvalue weighted by atomic mass is 16.2. The van der Waals surface area contributed by atoms with E-state index in [1.165, 1.54) is 11.6 Å². The van der Waals surface area contributed by atoms with Crippen molar-refractivity contribution in [2.45, 2.75) is 19.9 Å². The van der Waals surface area contributed by atoms with Gasteiger partial charge in [0.15, 0.2) is 5.56 Å². The predicted molar refractivity (Wildman–Crippen MR) is 94.1 cm³/mol. The summed E-state index contributed by atoms with van der Waals surface area (Å²) in [5.74, 6) is 0.321. The van der Waals surface area contributed by atoms with Gasteiger partial charge in [0.1, 0.15) is 11.9 Å². The molecular weight excluding hydrogens is 318 g/mol. The topological polar surface area (TPSA) is 94.8 Å². The van der Waals surface area contributed by atoms with Gasteiger partial charge in [-0.1, -0.05) is 19.1 Å².